The van der Waals surface area contributed by atoms with Gasteiger partial charge in [-0.2, -0.15) is 0 Å². The Morgan fingerprint density at radius 2 is 2.00 bits per heavy atom. The molecule has 2 aliphatic rings. The lowest BCUT2D eigenvalue weighted by Gasteiger charge is -2.41. The summed E-state index contributed by atoms with van der Waals surface area (Å²) in [6.07, 6.45) is 4.34. The van der Waals surface area contributed by atoms with Crippen LogP contribution in [0.1, 0.15) is 32.6 Å². The van der Waals surface area contributed by atoms with Crippen molar-refractivity contribution in [3.63, 3.8) is 0 Å². The first-order chi connectivity index (χ1) is 10.4. The Morgan fingerprint density at radius 3 is 2.68 bits per heavy atom. The van der Waals surface area contributed by atoms with Gasteiger partial charge in [-0.1, -0.05) is 19.8 Å². The summed E-state index contributed by atoms with van der Waals surface area (Å²) in [4.78, 5) is 14.1. The molecule has 5 nitrogen and oxygen atoms in total. The number of rotatable bonds is 2. The van der Waals surface area contributed by atoms with Crippen LogP contribution in [0.3, 0.4) is 0 Å². The molecule has 1 heterocycles. The molecule has 1 aliphatic carbocycles. The standard InChI is InChI=1S/C15H18ClNO4S/c1-10-4-2-3-5-12(10)17-13-7-6-11(22(16,19)20)8-14(13)21-9-15(17)18/h6-8,10,12H,2-5,9H2,1H3/t10-,12-/m0/s1. The SMILES string of the molecule is C[C@H]1CCCC[C@@H]1N1C(=O)COc2cc(S(=O)(=O)Cl)ccc21. The molecule has 1 aromatic carbocycles. The van der Waals surface area contributed by atoms with Crippen molar-refractivity contribution in [2.75, 3.05) is 11.5 Å². The molecule has 1 aromatic rings. The molecule has 1 saturated carbocycles. The third-order valence-corrected chi connectivity index (χ3v) is 5.84. The van der Waals surface area contributed by atoms with E-state index in [0.717, 1.165) is 19.3 Å². The van der Waals surface area contributed by atoms with Gasteiger partial charge in [0.1, 0.15) is 5.75 Å². The number of halogens is 1. The molecule has 0 spiro atoms. The predicted octanol–water partition coefficient (Wildman–Crippen LogP) is 2.92. The molecule has 22 heavy (non-hydrogen) atoms. The summed E-state index contributed by atoms with van der Waals surface area (Å²) >= 11 is 0. The van der Waals surface area contributed by atoms with Crippen LogP contribution in [0.15, 0.2) is 23.1 Å². The topological polar surface area (TPSA) is 63.7 Å². The zero-order valence-corrected chi connectivity index (χ0v) is 13.9. The van der Waals surface area contributed by atoms with Gasteiger partial charge in [0.15, 0.2) is 6.61 Å². The van der Waals surface area contributed by atoms with Crippen molar-refractivity contribution >= 4 is 31.3 Å². The molecule has 0 aromatic heterocycles. The molecule has 0 saturated heterocycles. The van der Waals surface area contributed by atoms with Crippen LogP contribution in [-0.4, -0.2) is 27.0 Å². The number of hydrogen-bond acceptors (Lipinski definition) is 4. The van der Waals surface area contributed by atoms with E-state index in [1.807, 2.05) is 0 Å². The summed E-state index contributed by atoms with van der Waals surface area (Å²) in [6.45, 7) is 2.09. The minimum absolute atomic E-state index is 0.0149. The van der Waals surface area contributed by atoms with Gasteiger partial charge < -0.3 is 9.64 Å². The van der Waals surface area contributed by atoms with Gasteiger partial charge in [-0.05, 0) is 30.9 Å². The fourth-order valence-corrected chi connectivity index (χ4v) is 4.11. The molecule has 0 radical (unpaired) electrons. The normalized spacial score (nSPS) is 25.5. The number of fused-ring (bicyclic) bond motifs is 1. The maximum atomic E-state index is 12.3. The summed E-state index contributed by atoms with van der Waals surface area (Å²) in [5.41, 5.74) is 0.638. The van der Waals surface area contributed by atoms with Crippen molar-refractivity contribution in [2.24, 2.45) is 5.92 Å². The highest BCUT2D eigenvalue weighted by Gasteiger charge is 2.36. The van der Waals surface area contributed by atoms with Gasteiger partial charge in [-0.15, -0.1) is 0 Å². The highest BCUT2D eigenvalue weighted by Crippen LogP contribution is 2.40. The van der Waals surface area contributed by atoms with E-state index in [1.54, 1.807) is 11.0 Å². The average Bonchev–Trinajstić information content (AvgIpc) is 2.47. The van der Waals surface area contributed by atoms with Crippen LogP contribution < -0.4 is 9.64 Å². The number of carbonyl (C=O) groups is 1. The van der Waals surface area contributed by atoms with Crippen molar-refractivity contribution in [1.29, 1.82) is 0 Å². The van der Waals surface area contributed by atoms with Crippen LogP contribution in [0.4, 0.5) is 5.69 Å². The molecular weight excluding hydrogens is 326 g/mol. The highest BCUT2D eigenvalue weighted by atomic mass is 35.7. The molecule has 7 heteroatoms. The van der Waals surface area contributed by atoms with E-state index in [0.29, 0.717) is 17.4 Å². The summed E-state index contributed by atoms with van der Waals surface area (Å²) in [5.74, 6) is 0.743. The Morgan fingerprint density at radius 1 is 1.27 bits per heavy atom. The molecule has 0 unspecified atom stereocenters. The van der Waals surface area contributed by atoms with E-state index >= 15 is 0 Å². The van der Waals surface area contributed by atoms with Gasteiger partial charge in [0.05, 0.1) is 10.6 Å². The van der Waals surface area contributed by atoms with Crippen molar-refractivity contribution in [1.82, 2.24) is 0 Å². The van der Waals surface area contributed by atoms with Crippen LogP contribution in [0.5, 0.6) is 5.75 Å². The minimum Gasteiger partial charge on any atom is -0.482 e. The van der Waals surface area contributed by atoms with E-state index < -0.39 is 9.05 Å². The van der Waals surface area contributed by atoms with Gasteiger partial charge >= 0.3 is 0 Å². The maximum absolute atomic E-state index is 12.3. The number of hydrogen-bond donors (Lipinski definition) is 0. The van der Waals surface area contributed by atoms with Crippen LogP contribution in [0.25, 0.3) is 0 Å². The summed E-state index contributed by atoms with van der Waals surface area (Å²) < 4.78 is 28.3. The first-order valence-electron chi connectivity index (χ1n) is 7.41. The highest BCUT2D eigenvalue weighted by molar-refractivity contribution is 8.13. The van der Waals surface area contributed by atoms with Crippen molar-refractivity contribution in [2.45, 2.75) is 43.5 Å². The smallest absolute Gasteiger partial charge is 0.265 e. The Bertz CT molecular complexity index is 703. The van der Waals surface area contributed by atoms with Gasteiger partial charge in [-0.3, -0.25) is 4.79 Å². The monoisotopic (exact) mass is 343 g/mol. The van der Waals surface area contributed by atoms with E-state index in [2.05, 4.69) is 6.92 Å². The summed E-state index contributed by atoms with van der Waals surface area (Å²) in [6, 6.07) is 4.57. The number of anilines is 1. The number of carbonyl (C=O) groups excluding carboxylic acids is 1. The molecule has 0 N–H and O–H groups in total. The molecule has 1 fully saturated rings. The van der Waals surface area contributed by atoms with Crippen LogP contribution in [0.2, 0.25) is 0 Å². The number of ether oxygens (including phenoxy) is 1. The minimum atomic E-state index is -3.81. The van der Waals surface area contributed by atoms with Crippen molar-refractivity contribution in [3.8, 4) is 5.75 Å². The molecular formula is C15H18ClNO4S. The molecule has 3 rings (SSSR count). The Hall–Kier alpha value is -1.27. The molecule has 0 bridgehead atoms. The number of amides is 1. The fourth-order valence-electron chi connectivity index (χ4n) is 3.35. The maximum Gasteiger partial charge on any atom is 0.265 e. The van der Waals surface area contributed by atoms with Gasteiger partial charge in [0.2, 0.25) is 0 Å². The number of benzene rings is 1. The third kappa shape index (κ3) is 2.82. The lowest BCUT2D eigenvalue weighted by atomic mass is 9.84. The zero-order valence-electron chi connectivity index (χ0n) is 12.3. The summed E-state index contributed by atoms with van der Waals surface area (Å²) in [7, 11) is 1.56. The van der Waals surface area contributed by atoms with Crippen LogP contribution >= 0.6 is 10.7 Å². The lowest BCUT2D eigenvalue weighted by molar-refractivity contribution is -0.122. The van der Waals surface area contributed by atoms with Gasteiger partial charge in [0.25, 0.3) is 15.0 Å². The largest absolute Gasteiger partial charge is 0.482 e. The van der Waals surface area contributed by atoms with Crippen LogP contribution in [0, 0.1) is 5.92 Å². The van der Waals surface area contributed by atoms with Gasteiger partial charge in [-0.25, -0.2) is 8.42 Å². The quantitative estimate of drug-likeness (QED) is 0.774. The lowest BCUT2D eigenvalue weighted by Crippen LogP contribution is -2.49. The van der Waals surface area contributed by atoms with Gasteiger partial charge in [0, 0.05) is 22.8 Å². The zero-order chi connectivity index (χ0) is 15.9. The fraction of sp³-hybridized carbons (Fsp3) is 0.533. The second-order valence-electron chi connectivity index (χ2n) is 5.95. The predicted molar refractivity (Wildman–Crippen MR) is 83.9 cm³/mol. The molecule has 1 amide bonds. The first-order valence-corrected chi connectivity index (χ1v) is 9.72. The van der Waals surface area contributed by atoms with Crippen molar-refractivity contribution < 1.29 is 17.9 Å². The molecule has 120 valence electrons. The Labute approximate surface area is 134 Å². The van der Waals surface area contributed by atoms with E-state index in [4.69, 9.17) is 15.4 Å². The van der Waals surface area contributed by atoms with E-state index in [-0.39, 0.29) is 23.5 Å². The van der Waals surface area contributed by atoms with E-state index in [1.165, 1.54) is 18.6 Å². The Balaban J connectivity index is 2.02. The third-order valence-electron chi connectivity index (χ3n) is 4.49. The van der Waals surface area contributed by atoms with E-state index in [9.17, 15) is 13.2 Å². The van der Waals surface area contributed by atoms with Crippen LogP contribution in [-0.2, 0) is 13.8 Å². The summed E-state index contributed by atoms with van der Waals surface area (Å²) in [5, 5.41) is 0. The Kier molecular flexibility index (Phi) is 4.07. The first kappa shape index (κ1) is 15.6. The van der Waals surface area contributed by atoms with Crippen molar-refractivity contribution in [3.05, 3.63) is 18.2 Å². The second kappa shape index (κ2) is 5.74. The number of nitrogens with zero attached hydrogens (tertiary/aromatic N) is 1. The molecule has 2 atom stereocenters. The molecule has 1 aliphatic heterocycles. The average molecular weight is 344 g/mol. The second-order valence-corrected chi connectivity index (χ2v) is 8.51.